The Bertz CT molecular complexity index is 1220. The molecule has 4 aromatic rings. The summed E-state index contributed by atoms with van der Waals surface area (Å²) in [5.74, 6) is 1.26. The van der Waals surface area contributed by atoms with Crippen molar-refractivity contribution >= 4 is 32.6 Å². The molecule has 0 atom stereocenters. The number of ether oxygens (including phenoxy) is 2. The van der Waals surface area contributed by atoms with Gasteiger partial charge in [0, 0.05) is 24.0 Å². The normalized spacial score (nSPS) is 11.0. The number of rotatable bonds is 7. The Morgan fingerprint density at radius 1 is 1.06 bits per heavy atom. The maximum absolute atomic E-state index is 13.7. The zero-order chi connectivity index (χ0) is 22.7. The molecule has 2 aromatic carbocycles. The van der Waals surface area contributed by atoms with Crippen molar-refractivity contribution in [1.29, 1.82) is 0 Å². The molecular weight excluding hydrogens is 422 g/mol. The quantitative estimate of drug-likeness (QED) is 0.365. The maximum Gasteiger partial charge on any atom is 0.260 e. The molecule has 0 fully saturated rings. The van der Waals surface area contributed by atoms with Crippen LogP contribution in [0.2, 0.25) is 0 Å². The topological polar surface area (TPSA) is 64.6 Å². The van der Waals surface area contributed by atoms with E-state index in [4.69, 9.17) is 14.5 Å². The molecule has 32 heavy (non-hydrogen) atoms. The second-order valence-electron chi connectivity index (χ2n) is 7.70. The summed E-state index contributed by atoms with van der Waals surface area (Å²) in [4.78, 5) is 24.5. The van der Waals surface area contributed by atoms with Gasteiger partial charge in [0.15, 0.2) is 5.13 Å². The molecule has 0 bridgehead atoms. The van der Waals surface area contributed by atoms with Crippen LogP contribution in [-0.4, -0.2) is 30.1 Å². The number of thiazole rings is 1. The summed E-state index contributed by atoms with van der Waals surface area (Å²) in [5.41, 5.74) is 3.49. The van der Waals surface area contributed by atoms with Gasteiger partial charge in [-0.05, 0) is 41.3 Å². The maximum atomic E-state index is 13.7. The first-order valence-corrected chi connectivity index (χ1v) is 11.1. The van der Waals surface area contributed by atoms with E-state index in [1.54, 1.807) is 49.7 Å². The number of nitrogens with zero attached hydrogens (tertiary/aromatic N) is 3. The van der Waals surface area contributed by atoms with Crippen molar-refractivity contribution in [3.8, 4) is 11.5 Å². The highest BCUT2D eigenvalue weighted by Crippen LogP contribution is 2.35. The Labute approximate surface area is 191 Å². The molecule has 0 spiro atoms. The second kappa shape index (κ2) is 9.36. The molecule has 7 heteroatoms. The lowest BCUT2D eigenvalue weighted by Gasteiger charge is -2.20. The number of hydrogen-bond donors (Lipinski definition) is 0. The van der Waals surface area contributed by atoms with Gasteiger partial charge in [-0.25, -0.2) is 4.98 Å². The monoisotopic (exact) mass is 447 g/mol. The summed E-state index contributed by atoms with van der Waals surface area (Å²) in [7, 11) is 3.13. The third-order valence-corrected chi connectivity index (χ3v) is 6.24. The van der Waals surface area contributed by atoms with Crippen LogP contribution in [0.5, 0.6) is 11.5 Å². The number of carbonyl (C=O) groups excluding carboxylic acids is 1. The lowest BCUT2D eigenvalue weighted by molar-refractivity contribution is 0.0984. The van der Waals surface area contributed by atoms with Crippen LogP contribution in [0, 0.1) is 0 Å². The zero-order valence-corrected chi connectivity index (χ0v) is 19.3. The van der Waals surface area contributed by atoms with E-state index in [0.29, 0.717) is 34.7 Å². The number of amides is 1. The Kier molecular flexibility index (Phi) is 6.37. The molecule has 164 valence electrons. The lowest BCUT2D eigenvalue weighted by atomic mass is 10.0. The number of anilines is 1. The van der Waals surface area contributed by atoms with Crippen LogP contribution in [0.4, 0.5) is 5.13 Å². The van der Waals surface area contributed by atoms with Gasteiger partial charge in [-0.3, -0.25) is 14.7 Å². The first kappa shape index (κ1) is 21.8. The predicted octanol–water partition coefficient (Wildman–Crippen LogP) is 5.68. The fourth-order valence-electron chi connectivity index (χ4n) is 3.53. The van der Waals surface area contributed by atoms with E-state index >= 15 is 0 Å². The summed E-state index contributed by atoms with van der Waals surface area (Å²) in [6.07, 6.45) is 3.48. The molecule has 4 rings (SSSR count). The fraction of sp³-hybridized carbons (Fsp3) is 0.240. The minimum absolute atomic E-state index is 0.184. The molecule has 2 aromatic heterocycles. The van der Waals surface area contributed by atoms with Gasteiger partial charge in [-0.1, -0.05) is 43.4 Å². The molecule has 0 radical (unpaired) electrons. The van der Waals surface area contributed by atoms with Gasteiger partial charge in [-0.2, -0.15) is 0 Å². The lowest BCUT2D eigenvalue weighted by Crippen LogP contribution is -2.30. The molecule has 0 aliphatic carbocycles. The Morgan fingerprint density at radius 3 is 2.44 bits per heavy atom. The number of fused-ring (bicyclic) bond motifs is 1. The van der Waals surface area contributed by atoms with Crippen LogP contribution >= 0.6 is 11.3 Å². The van der Waals surface area contributed by atoms with E-state index in [1.807, 2.05) is 24.3 Å². The number of para-hydroxylation sites is 1. The van der Waals surface area contributed by atoms with Gasteiger partial charge in [0.1, 0.15) is 11.5 Å². The van der Waals surface area contributed by atoms with Crippen molar-refractivity contribution in [2.45, 2.75) is 26.3 Å². The molecule has 0 aliphatic heterocycles. The van der Waals surface area contributed by atoms with Crippen LogP contribution in [0.3, 0.4) is 0 Å². The number of hydrogen-bond acceptors (Lipinski definition) is 6. The predicted molar refractivity (Wildman–Crippen MR) is 128 cm³/mol. The van der Waals surface area contributed by atoms with Gasteiger partial charge in [0.05, 0.1) is 31.0 Å². The van der Waals surface area contributed by atoms with E-state index in [-0.39, 0.29) is 5.91 Å². The van der Waals surface area contributed by atoms with Gasteiger partial charge >= 0.3 is 0 Å². The number of benzene rings is 2. The largest absolute Gasteiger partial charge is 0.497 e. The zero-order valence-electron chi connectivity index (χ0n) is 18.5. The number of methoxy groups -OCH3 is 2. The SMILES string of the molecule is COc1cc(OC)cc(C(=O)N(Cc2cccnc2)c2nc3c(C(C)C)cccc3s2)c1. The molecule has 1 amide bonds. The summed E-state index contributed by atoms with van der Waals surface area (Å²) >= 11 is 1.51. The van der Waals surface area contributed by atoms with Crippen molar-refractivity contribution in [1.82, 2.24) is 9.97 Å². The van der Waals surface area contributed by atoms with Crippen molar-refractivity contribution < 1.29 is 14.3 Å². The van der Waals surface area contributed by atoms with E-state index < -0.39 is 0 Å². The Hall–Kier alpha value is -3.45. The molecule has 0 N–H and O–H groups in total. The van der Waals surface area contributed by atoms with E-state index in [1.165, 1.54) is 16.9 Å². The smallest absolute Gasteiger partial charge is 0.260 e. The molecule has 0 aliphatic rings. The van der Waals surface area contributed by atoms with Gasteiger partial charge in [-0.15, -0.1) is 0 Å². The van der Waals surface area contributed by atoms with Crippen LogP contribution in [0.25, 0.3) is 10.2 Å². The summed E-state index contributed by atoms with van der Waals surface area (Å²) in [5, 5.41) is 0.642. The van der Waals surface area contributed by atoms with Gasteiger partial charge < -0.3 is 9.47 Å². The third-order valence-electron chi connectivity index (χ3n) is 5.20. The summed E-state index contributed by atoms with van der Waals surface area (Å²) in [6, 6.07) is 15.2. The van der Waals surface area contributed by atoms with Crippen molar-refractivity contribution in [2.75, 3.05) is 19.1 Å². The number of carbonyl (C=O) groups is 1. The molecule has 0 unspecified atom stereocenters. The molecular formula is C25H25N3O3S. The van der Waals surface area contributed by atoms with Crippen LogP contribution in [0.1, 0.15) is 41.3 Å². The minimum atomic E-state index is -0.184. The third kappa shape index (κ3) is 4.43. The molecule has 2 heterocycles. The average Bonchev–Trinajstić information content (AvgIpc) is 3.26. The first-order chi connectivity index (χ1) is 15.5. The first-order valence-electron chi connectivity index (χ1n) is 10.3. The van der Waals surface area contributed by atoms with Crippen molar-refractivity contribution in [2.24, 2.45) is 0 Å². The van der Waals surface area contributed by atoms with Crippen molar-refractivity contribution in [3.63, 3.8) is 0 Å². The van der Waals surface area contributed by atoms with Crippen LogP contribution in [-0.2, 0) is 6.54 Å². The summed E-state index contributed by atoms with van der Waals surface area (Å²) in [6.45, 7) is 4.65. The average molecular weight is 448 g/mol. The fourth-order valence-corrected chi connectivity index (χ4v) is 4.52. The number of pyridine rings is 1. The molecule has 0 saturated carbocycles. The molecule has 0 saturated heterocycles. The van der Waals surface area contributed by atoms with Gasteiger partial charge in [0.2, 0.25) is 0 Å². The standard InChI is InChI=1S/C25H25N3O3S/c1-16(2)21-8-5-9-22-23(21)27-25(32-22)28(15-17-7-6-10-26-14-17)24(29)18-11-19(30-3)13-20(12-18)31-4/h5-14,16H,15H2,1-4H3. The van der Waals surface area contributed by atoms with E-state index in [0.717, 1.165) is 15.8 Å². The van der Waals surface area contributed by atoms with Gasteiger partial charge in [0.25, 0.3) is 5.91 Å². The Morgan fingerprint density at radius 2 is 1.81 bits per heavy atom. The van der Waals surface area contributed by atoms with Crippen molar-refractivity contribution in [3.05, 3.63) is 77.6 Å². The highest BCUT2D eigenvalue weighted by Gasteiger charge is 2.24. The second-order valence-corrected chi connectivity index (χ2v) is 8.71. The highest BCUT2D eigenvalue weighted by atomic mass is 32.1. The summed E-state index contributed by atoms with van der Waals surface area (Å²) < 4.78 is 11.8. The van der Waals surface area contributed by atoms with Crippen LogP contribution < -0.4 is 14.4 Å². The van der Waals surface area contributed by atoms with E-state index in [9.17, 15) is 4.79 Å². The highest BCUT2D eigenvalue weighted by molar-refractivity contribution is 7.22. The van der Waals surface area contributed by atoms with E-state index in [2.05, 4.69) is 24.9 Å². The number of aromatic nitrogens is 2. The minimum Gasteiger partial charge on any atom is -0.497 e. The van der Waals surface area contributed by atoms with Crippen LogP contribution in [0.15, 0.2) is 60.9 Å². The molecule has 6 nitrogen and oxygen atoms in total. The Balaban J connectivity index is 1.82.